The Morgan fingerprint density at radius 3 is 2.26 bits per heavy atom. The Balaban J connectivity index is 2.91. The standard InChI is InChI=1S/C16H21NOS/c1-4-6-13(12-17)16(7-5-2)19-15-10-8-14(18-3)9-11-15/h8-11H,4-7H2,1-3H3/b16-13+. The minimum Gasteiger partial charge on any atom is -0.497 e. The van der Waals surface area contributed by atoms with Crippen LogP contribution in [0.4, 0.5) is 0 Å². The highest BCUT2D eigenvalue weighted by atomic mass is 32.2. The normalized spacial score (nSPS) is 11.7. The van der Waals surface area contributed by atoms with Crippen LogP contribution in [0.25, 0.3) is 0 Å². The molecule has 0 unspecified atom stereocenters. The molecule has 1 aromatic rings. The van der Waals surface area contributed by atoms with Crippen LogP contribution in [0, 0.1) is 11.3 Å². The molecule has 1 aromatic carbocycles. The summed E-state index contributed by atoms with van der Waals surface area (Å²) < 4.78 is 5.16. The molecule has 102 valence electrons. The zero-order valence-electron chi connectivity index (χ0n) is 11.9. The summed E-state index contributed by atoms with van der Waals surface area (Å²) >= 11 is 1.71. The van der Waals surface area contributed by atoms with Crippen LogP contribution < -0.4 is 4.74 Å². The summed E-state index contributed by atoms with van der Waals surface area (Å²) in [6, 6.07) is 10.4. The molecule has 0 atom stereocenters. The maximum Gasteiger partial charge on any atom is 0.118 e. The van der Waals surface area contributed by atoms with Gasteiger partial charge < -0.3 is 4.74 Å². The average molecular weight is 275 g/mol. The molecule has 0 heterocycles. The number of hydrogen-bond acceptors (Lipinski definition) is 3. The third kappa shape index (κ3) is 5.00. The largest absolute Gasteiger partial charge is 0.497 e. The lowest BCUT2D eigenvalue weighted by molar-refractivity contribution is 0.414. The fourth-order valence-corrected chi connectivity index (χ4v) is 2.92. The lowest BCUT2D eigenvalue weighted by Crippen LogP contribution is -1.88. The van der Waals surface area contributed by atoms with Crippen LogP contribution in [0.5, 0.6) is 5.75 Å². The molecular weight excluding hydrogens is 254 g/mol. The predicted octanol–water partition coefficient (Wildman–Crippen LogP) is 5.17. The second-order valence-electron chi connectivity index (χ2n) is 4.29. The van der Waals surface area contributed by atoms with Crippen LogP contribution in [0.2, 0.25) is 0 Å². The van der Waals surface area contributed by atoms with Gasteiger partial charge in [0.05, 0.1) is 13.2 Å². The van der Waals surface area contributed by atoms with Gasteiger partial charge in [-0.15, -0.1) is 0 Å². The van der Waals surface area contributed by atoms with Gasteiger partial charge in [-0.05, 0) is 37.1 Å². The van der Waals surface area contributed by atoms with Gasteiger partial charge in [-0.1, -0.05) is 38.5 Å². The summed E-state index contributed by atoms with van der Waals surface area (Å²) in [5.74, 6) is 0.861. The molecule has 0 bridgehead atoms. The third-order valence-electron chi connectivity index (χ3n) is 2.75. The number of thioether (sulfide) groups is 1. The molecule has 1 rings (SSSR count). The summed E-state index contributed by atoms with van der Waals surface area (Å²) in [5, 5.41) is 9.27. The predicted molar refractivity (Wildman–Crippen MR) is 81.3 cm³/mol. The van der Waals surface area contributed by atoms with Crippen molar-refractivity contribution >= 4 is 11.8 Å². The Bertz CT molecular complexity index is 457. The molecule has 0 saturated carbocycles. The third-order valence-corrected chi connectivity index (χ3v) is 3.95. The molecule has 0 aliphatic rings. The summed E-state index contributed by atoms with van der Waals surface area (Å²) in [5.41, 5.74) is 0.935. The van der Waals surface area contributed by atoms with Crippen molar-refractivity contribution in [2.45, 2.75) is 44.4 Å². The molecule has 0 saturated heterocycles. The average Bonchev–Trinajstić information content (AvgIpc) is 2.45. The van der Waals surface area contributed by atoms with E-state index in [0.29, 0.717) is 0 Å². The van der Waals surface area contributed by atoms with Gasteiger partial charge in [0.15, 0.2) is 0 Å². The Hall–Kier alpha value is -1.40. The summed E-state index contributed by atoms with van der Waals surface area (Å²) in [4.78, 5) is 2.37. The molecule has 0 amide bonds. The fourth-order valence-electron chi connectivity index (χ4n) is 1.78. The van der Waals surface area contributed by atoms with Crippen molar-refractivity contribution in [1.29, 1.82) is 5.26 Å². The van der Waals surface area contributed by atoms with Gasteiger partial charge in [0.2, 0.25) is 0 Å². The van der Waals surface area contributed by atoms with E-state index in [1.807, 2.05) is 24.3 Å². The molecule has 0 aliphatic carbocycles. The van der Waals surface area contributed by atoms with Gasteiger partial charge in [-0.25, -0.2) is 0 Å². The topological polar surface area (TPSA) is 33.0 Å². The van der Waals surface area contributed by atoms with E-state index in [0.717, 1.165) is 41.9 Å². The fraction of sp³-hybridized carbons (Fsp3) is 0.438. The molecular formula is C16H21NOS. The number of allylic oxidation sites excluding steroid dienone is 2. The Morgan fingerprint density at radius 2 is 1.79 bits per heavy atom. The van der Waals surface area contributed by atoms with Gasteiger partial charge in [-0.2, -0.15) is 5.26 Å². The first kappa shape index (κ1) is 15.7. The summed E-state index contributed by atoms with van der Waals surface area (Å²) in [6.07, 6.45) is 3.92. The van der Waals surface area contributed by atoms with Crippen molar-refractivity contribution in [2.75, 3.05) is 7.11 Å². The van der Waals surface area contributed by atoms with Crippen molar-refractivity contribution in [2.24, 2.45) is 0 Å². The van der Waals surface area contributed by atoms with Crippen LogP contribution >= 0.6 is 11.8 Å². The van der Waals surface area contributed by atoms with E-state index in [2.05, 4.69) is 19.9 Å². The van der Waals surface area contributed by atoms with Crippen molar-refractivity contribution in [1.82, 2.24) is 0 Å². The lowest BCUT2D eigenvalue weighted by atomic mass is 10.1. The number of nitriles is 1. The number of benzene rings is 1. The van der Waals surface area contributed by atoms with Crippen LogP contribution in [0.1, 0.15) is 39.5 Å². The molecule has 0 spiro atoms. The summed E-state index contributed by atoms with van der Waals surface area (Å²) in [7, 11) is 1.67. The van der Waals surface area contributed by atoms with Gasteiger partial charge in [0.1, 0.15) is 5.75 Å². The molecule has 0 N–H and O–H groups in total. The molecule has 0 aromatic heterocycles. The zero-order valence-corrected chi connectivity index (χ0v) is 12.7. The molecule has 3 heteroatoms. The van der Waals surface area contributed by atoms with Crippen LogP contribution in [0.15, 0.2) is 39.6 Å². The SMILES string of the molecule is CCC/C(C#N)=C(/CCC)Sc1ccc(OC)cc1. The van der Waals surface area contributed by atoms with Gasteiger partial charge in [0.25, 0.3) is 0 Å². The molecule has 0 fully saturated rings. The highest BCUT2D eigenvalue weighted by molar-refractivity contribution is 8.03. The van der Waals surface area contributed by atoms with Crippen molar-refractivity contribution < 1.29 is 4.74 Å². The van der Waals surface area contributed by atoms with E-state index < -0.39 is 0 Å². The van der Waals surface area contributed by atoms with Gasteiger partial charge >= 0.3 is 0 Å². The first-order chi connectivity index (χ1) is 9.24. The van der Waals surface area contributed by atoms with Gasteiger partial charge in [-0.3, -0.25) is 0 Å². The van der Waals surface area contributed by atoms with E-state index in [-0.39, 0.29) is 0 Å². The maximum atomic E-state index is 9.27. The zero-order chi connectivity index (χ0) is 14.1. The molecule has 19 heavy (non-hydrogen) atoms. The lowest BCUT2D eigenvalue weighted by Gasteiger charge is -2.09. The van der Waals surface area contributed by atoms with E-state index in [1.165, 1.54) is 4.91 Å². The Kier molecular flexibility index (Phi) is 7.14. The minimum atomic E-state index is 0.861. The number of rotatable bonds is 7. The monoisotopic (exact) mass is 275 g/mol. The number of nitrogens with zero attached hydrogens (tertiary/aromatic N) is 1. The highest BCUT2D eigenvalue weighted by Crippen LogP contribution is 2.34. The van der Waals surface area contributed by atoms with E-state index in [9.17, 15) is 5.26 Å². The number of methoxy groups -OCH3 is 1. The Labute approximate surface area is 120 Å². The van der Waals surface area contributed by atoms with Crippen LogP contribution in [-0.2, 0) is 0 Å². The first-order valence-electron chi connectivity index (χ1n) is 6.69. The van der Waals surface area contributed by atoms with Crippen molar-refractivity contribution in [3.8, 4) is 11.8 Å². The Morgan fingerprint density at radius 1 is 1.16 bits per heavy atom. The van der Waals surface area contributed by atoms with E-state index in [1.54, 1.807) is 18.9 Å². The quantitative estimate of drug-likeness (QED) is 0.508. The number of hydrogen-bond donors (Lipinski definition) is 0. The van der Waals surface area contributed by atoms with Crippen LogP contribution in [-0.4, -0.2) is 7.11 Å². The van der Waals surface area contributed by atoms with Crippen LogP contribution in [0.3, 0.4) is 0 Å². The van der Waals surface area contributed by atoms with Crippen molar-refractivity contribution in [3.05, 3.63) is 34.7 Å². The molecule has 0 aliphatic heterocycles. The van der Waals surface area contributed by atoms with E-state index >= 15 is 0 Å². The van der Waals surface area contributed by atoms with Crippen molar-refractivity contribution in [3.63, 3.8) is 0 Å². The molecule has 0 radical (unpaired) electrons. The smallest absolute Gasteiger partial charge is 0.118 e. The van der Waals surface area contributed by atoms with Gasteiger partial charge in [0, 0.05) is 15.4 Å². The number of ether oxygens (including phenoxy) is 1. The first-order valence-corrected chi connectivity index (χ1v) is 7.50. The maximum absolute atomic E-state index is 9.27. The highest BCUT2D eigenvalue weighted by Gasteiger charge is 2.08. The second kappa shape index (κ2) is 8.66. The molecule has 2 nitrogen and oxygen atoms in total. The summed E-state index contributed by atoms with van der Waals surface area (Å²) in [6.45, 7) is 4.26. The van der Waals surface area contributed by atoms with E-state index in [4.69, 9.17) is 4.74 Å². The minimum absolute atomic E-state index is 0.861. The second-order valence-corrected chi connectivity index (χ2v) is 5.46.